The van der Waals surface area contributed by atoms with Gasteiger partial charge < -0.3 is 15.6 Å². The summed E-state index contributed by atoms with van der Waals surface area (Å²) in [4.78, 5) is 37.0. The van der Waals surface area contributed by atoms with E-state index in [1.54, 1.807) is 18.2 Å². The summed E-state index contributed by atoms with van der Waals surface area (Å²) in [5.74, 6) is -2.17. The van der Waals surface area contributed by atoms with Gasteiger partial charge in [-0.2, -0.15) is 13.2 Å². The third kappa shape index (κ3) is 4.47. The fourth-order valence-corrected chi connectivity index (χ4v) is 3.49. The van der Waals surface area contributed by atoms with Crippen LogP contribution in [0.1, 0.15) is 36.9 Å². The topological polar surface area (TPSA) is 94.2 Å². The number of rotatable bonds is 5. The number of primary amides is 1. The number of pyridine rings is 1. The Hall–Kier alpha value is -3.33. The number of hydrogen-bond acceptors (Lipinski definition) is 3. The first kappa shape index (κ1) is 23.3. The lowest BCUT2D eigenvalue weighted by Gasteiger charge is -2.17. The van der Waals surface area contributed by atoms with Crippen molar-refractivity contribution in [2.75, 3.05) is 5.32 Å². The molecule has 3 rings (SSSR count). The summed E-state index contributed by atoms with van der Waals surface area (Å²) in [7, 11) is 0. The Morgan fingerprint density at radius 2 is 1.78 bits per heavy atom. The van der Waals surface area contributed by atoms with Crippen LogP contribution in [0.25, 0.3) is 10.8 Å². The van der Waals surface area contributed by atoms with E-state index in [0.717, 1.165) is 12.1 Å². The maximum atomic E-state index is 13.1. The molecule has 0 saturated carbocycles. The third-order valence-corrected chi connectivity index (χ3v) is 5.58. The number of fused-ring (bicyclic) bond motifs is 1. The first-order valence-electron chi connectivity index (χ1n) is 9.52. The Kier molecular flexibility index (Phi) is 6.32. The van der Waals surface area contributed by atoms with Crippen LogP contribution in [0.3, 0.4) is 0 Å². The van der Waals surface area contributed by atoms with E-state index in [9.17, 15) is 27.6 Å². The van der Waals surface area contributed by atoms with Crippen LogP contribution in [0, 0.1) is 0 Å². The van der Waals surface area contributed by atoms with E-state index in [4.69, 9.17) is 17.3 Å². The van der Waals surface area contributed by atoms with Crippen molar-refractivity contribution < 1.29 is 22.8 Å². The highest BCUT2D eigenvalue weighted by molar-refractivity contribution is 6.31. The molecule has 0 spiro atoms. The van der Waals surface area contributed by atoms with E-state index in [1.165, 1.54) is 36.7 Å². The molecule has 1 heterocycles. The number of carbonyl (C=O) groups is 2. The highest BCUT2D eigenvalue weighted by Crippen LogP contribution is 2.36. The van der Waals surface area contributed by atoms with E-state index >= 15 is 0 Å². The number of alkyl halides is 3. The number of hydrogen-bond donors (Lipinski definition) is 2. The van der Waals surface area contributed by atoms with Crippen LogP contribution in [0.2, 0.25) is 5.02 Å². The molecule has 1 unspecified atom stereocenters. The number of carbonyl (C=O) groups excluding carboxylic acids is 2. The molecule has 1 aromatic heterocycles. The molecule has 10 heteroatoms. The van der Waals surface area contributed by atoms with Crippen molar-refractivity contribution in [3.63, 3.8) is 0 Å². The molecule has 0 saturated heterocycles. The number of anilines is 1. The van der Waals surface area contributed by atoms with Crippen molar-refractivity contribution in [1.82, 2.24) is 4.57 Å². The molecule has 2 atom stereocenters. The Bertz CT molecular complexity index is 1270. The maximum absolute atomic E-state index is 13.1. The fraction of sp³-hybridized carbons (Fsp3) is 0.227. The molecule has 32 heavy (non-hydrogen) atoms. The van der Waals surface area contributed by atoms with Gasteiger partial charge in [-0.3, -0.25) is 14.4 Å². The zero-order valence-electron chi connectivity index (χ0n) is 17.0. The molecule has 2 amide bonds. The normalized spacial score (nSPS) is 13.6. The monoisotopic (exact) mass is 465 g/mol. The molecule has 6 nitrogen and oxygen atoms in total. The molecule has 0 aliphatic heterocycles. The van der Waals surface area contributed by atoms with Gasteiger partial charge >= 0.3 is 6.18 Å². The van der Waals surface area contributed by atoms with Crippen molar-refractivity contribution in [3.8, 4) is 0 Å². The van der Waals surface area contributed by atoms with Gasteiger partial charge in [-0.05, 0) is 49.7 Å². The molecular formula is C22H19ClF3N3O3. The largest absolute Gasteiger partial charge is 0.417 e. The lowest BCUT2D eigenvalue weighted by molar-refractivity contribution is -0.137. The summed E-state index contributed by atoms with van der Waals surface area (Å²) >= 11 is 5.65. The molecule has 168 valence electrons. The minimum atomic E-state index is -4.65. The molecule has 3 N–H and O–H groups in total. The summed E-state index contributed by atoms with van der Waals surface area (Å²) in [6, 6.07) is 8.65. The molecule has 2 aromatic carbocycles. The van der Waals surface area contributed by atoms with Gasteiger partial charge in [0, 0.05) is 22.7 Å². The number of halogens is 4. The second-order valence-electron chi connectivity index (χ2n) is 7.32. The van der Waals surface area contributed by atoms with Crippen LogP contribution in [0.4, 0.5) is 18.9 Å². The predicted molar refractivity (Wildman–Crippen MR) is 116 cm³/mol. The van der Waals surface area contributed by atoms with Gasteiger partial charge in [0.05, 0.1) is 16.5 Å². The Morgan fingerprint density at radius 1 is 1.09 bits per heavy atom. The number of benzene rings is 2. The van der Waals surface area contributed by atoms with E-state index < -0.39 is 46.1 Å². The molecule has 3 aromatic rings. The minimum Gasteiger partial charge on any atom is -0.368 e. The Balaban J connectivity index is 1.94. The molecular weight excluding hydrogens is 447 g/mol. The van der Waals surface area contributed by atoms with Crippen LogP contribution in [-0.4, -0.2) is 16.4 Å². The second kappa shape index (κ2) is 8.66. The molecule has 0 bridgehead atoms. The van der Waals surface area contributed by atoms with Crippen LogP contribution in [0.5, 0.6) is 0 Å². The second-order valence-corrected chi connectivity index (χ2v) is 7.73. The van der Waals surface area contributed by atoms with Gasteiger partial charge in [0.25, 0.3) is 5.56 Å². The van der Waals surface area contributed by atoms with Gasteiger partial charge in [0.2, 0.25) is 11.8 Å². The summed E-state index contributed by atoms with van der Waals surface area (Å²) in [5, 5.41) is 2.87. The van der Waals surface area contributed by atoms with Crippen LogP contribution in [0.15, 0.2) is 53.5 Å². The zero-order chi connectivity index (χ0) is 23.8. The average Bonchev–Trinajstić information content (AvgIpc) is 2.73. The smallest absolute Gasteiger partial charge is 0.368 e. The van der Waals surface area contributed by atoms with Crippen molar-refractivity contribution in [2.45, 2.75) is 32.0 Å². The standard InChI is InChI=1S/C22H19ClF3N3O3/c1-11(13-6-7-17(23)16(10-13)22(24,25)26)20(31)28-18-5-3-4-15-14(18)8-9-29(21(15)32)12(2)19(27)30/h3-12H,1-2H3,(H2,27,30)(H,28,31)/t11?,12-/m0/s1. The predicted octanol–water partition coefficient (Wildman–Crippen LogP) is 4.46. The number of amides is 2. The maximum Gasteiger partial charge on any atom is 0.417 e. The van der Waals surface area contributed by atoms with E-state index in [-0.39, 0.29) is 10.9 Å². The van der Waals surface area contributed by atoms with Gasteiger partial charge in [-0.15, -0.1) is 0 Å². The van der Waals surface area contributed by atoms with Gasteiger partial charge in [0.1, 0.15) is 6.04 Å². The van der Waals surface area contributed by atoms with Gasteiger partial charge in [-0.25, -0.2) is 0 Å². The first-order chi connectivity index (χ1) is 14.9. The Labute approximate surface area is 185 Å². The highest BCUT2D eigenvalue weighted by atomic mass is 35.5. The van der Waals surface area contributed by atoms with E-state index in [2.05, 4.69) is 5.32 Å². The van der Waals surface area contributed by atoms with E-state index in [1.807, 2.05) is 0 Å². The van der Waals surface area contributed by atoms with Crippen LogP contribution >= 0.6 is 11.6 Å². The lowest BCUT2D eigenvalue weighted by atomic mass is 9.97. The number of nitrogens with two attached hydrogens (primary N) is 1. The number of nitrogens with one attached hydrogen (secondary N) is 1. The quantitative estimate of drug-likeness (QED) is 0.582. The van der Waals surface area contributed by atoms with Gasteiger partial charge in [0.15, 0.2) is 0 Å². The van der Waals surface area contributed by atoms with E-state index in [0.29, 0.717) is 11.1 Å². The fourth-order valence-electron chi connectivity index (χ4n) is 3.27. The van der Waals surface area contributed by atoms with Crippen molar-refractivity contribution in [2.24, 2.45) is 5.73 Å². The minimum absolute atomic E-state index is 0.136. The average molecular weight is 466 g/mol. The third-order valence-electron chi connectivity index (χ3n) is 5.25. The van der Waals surface area contributed by atoms with Crippen molar-refractivity contribution in [3.05, 3.63) is 75.2 Å². The number of aromatic nitrogens is 1. The summed E-state index contributed by atoms with van der Waals surface area (Å²) in [6.45, 7) is 2.95. The van der Waals surface area contributed by atoms with Crippen LogP contribution in [-0.2, 0) is 15.8 Å². The van der Waals surface area contributed by atoms with Gasteiger partial charge in [-0.1, -0.05) is 23.7 Å². The Morgan fingerprint density at radius 3 is 2.41 bits per heavy atom. The zero-order valence-corrected chi connectivity index (χ0v) is 17.8. The summed E-state index contributed by atoms with van der Waals surface area (Å²) in [5.41, 5.74) is 4.23. The number of nitrogens with zero attached hydrogens (tertiary/aromatic N) is 1. The van der Waals surface area contributed by atoms with Crippen molar-refractivity contribution in [1.29, 1.82) is 0 Å². The first-order valence-corrected chi connectivity index (χ1v) is 9.90. The molecule has 0 aliphatic carbocycles. The van der Waals surface area contributed by atoms with Crippen molar-refractivity contribution >= 4 is 39.9 Å². The lowest BCUT2D eigenvalue weighted by Crippen LogP contribution is -2.31. The molecule has 0 aliphatic rings. The summed E-state index contributed by atoms with van der Waals surface area (Å²) < 4.78 is 40.6. The molecule has 0 radical (unpaired) electrons. The summed E-state index contributed by atoms with van der Waals surface area (Å²) in [6.07, 6.45) is -3.26. The molecule has 0 fully saturated rings. The SMILES string of the molecule is CC(C(=O)Nc1cccc2c(=O)n([C@@H](C)C(N)=O)ccc12)c1ccc(Cl)c(C(F)(F)F)c1. The highest BCUT2D eigenvalue weighted by Gasteiger charge is 2.34. The van der Waals surface area contributed by atoms with Crippen LogP contribution < -0.4 is 16.6 Å².